The van der Waals surface area contributed by atoms with Crippen molar-refractivity contribution in [3.05, 3.63) is 47.8 Å². The smallest absolute Gasteiger partial charge is 0.122 e. The summed E-state index contributed by atoms with van der Waals surface area (Å²) in [6, 6.07) is 10.4. The Kier molecular flexibility index (Phi) is 4.02. The Balaban J connectivity index is 1.60. The molecule has 1 atom stereocenters. The van der Waals surface area contributed by atoms with Crippen molar-refractivity contribution in [2.24, 2.45) is 5.92 Å². The van der Waals surface area contributed by atoms with Crippen molar-refractivity contribution in [3.8, 4) is 5.75 Å². The Morgan fingerprint density at radius 1 is 1.35 bits per heavy atom. The van der Waals surface area contributed by atoms with E-state index in [0.717, 1.165) is 44.0 Å². The van der Waals surface area contributed by atoms with Gasteiger partial charge in [-0.2, -0.15) is 5.10 Å². The highest BCUT2D eigenvalue weighted by Crippen LogP contribution is 2.27. The first-order valence-electron chi connectivity index (χ1n) is 7.19. The number of nitrogens with one attached hydrogen (secondary N) is 1. The molecule has 0 aliphatic carbocycles. The summed E-state index contributed by atoms with van der Waals surface area (Å²) in [5.41, 5.74) is 2.50. The number of H-pyrrole nitrogens is 1. The molecule has 1 N–H and O–H groups in total. The van der Waals surface area contributed by atoms with Crippen molar-refractivity contribution in [1.82, 2.24) is 15.1 Å². The topological polar surface area (TPSA) is 41.2 Å². The summed E-state index contributed by atoms with van der Waals surface area (Å²) in [7, 11) is 2.17. The van der Waals surface area contributed by atoms with Gasteiger partial charge in [-0.05, 0) is 43.5 Å². The van der Waals surface area contributed by atoms with Crippen molar-refractivity contribution < 1.29 is 4.74 Å². The number of para-hydroxylation sites is 1. The number of ether oxygens (including phenoxy) is 1. The second-order valence-corrected chi connectivity index (χ2v) is 5.59. The third kappa shape index (κ3) is 3.20. The van der Waals surface area contributed by atoms with Crippen LogP contribution in [0.25, 0.3) is 0 Å². The minimum absolute atomic E-state index is 0.645. The van der Waals surface area contributed by atoms with E-state index >= 15 is 0 Å². The highest BCUT2D eigenvalue weighted by Gasteiger charge is 2.18. The van der Waals surface area contributed by atoms with E-state index < -0.39 is 0 Å². The summed E-state index contributed by atoms with van der Waals surface area (Å²) in [4.78, 5) is 2.35. The van der Waals surface area contributed by atoms with Crippen molar-refractivity contribution >= 4 is 0 Å². The molecule has 4 nitrogen and oxygen atoms in total. The van der Waals surface area contributed by atoms with Crippen LogP contribution < -0.4 is 4.74 Å². The SMILES string of the molecule is CN(Cc1ccn[nH]1)C[C@@H]1CCOc2ccccc2C1. The number of hydrogen-bond acceptors (Lipinski definition) is 3. The van der Waals surface area contributed by atoms with Gasteiger partial charge in [-0.25, -0.2) is 0 Å². The molecule has 1 aromatic heterocycles. The highest BCUT2D eigenvalue weighted by atomic mass is 16.5. The van der Waals surface area contributed by atoms with Gasteiger partial charge in [-0.15, -0.1) is 0 Å². The quantitative estimate of drug-likeness (QED) is 0.929. The molecule has 2 heterocycles. The van der Waals surface area contributed by atoms with Gasteiger partial charge in [0.1, 0.15) is 5.75 Å². The third-order valence-corrected chi connectivity index (χ3v) is 3.83. The Labute approximate surface area is 119 Å². The van der Waals surface area contributed by atoms with E-state index in [1.165, 1.54) is 5.56 Å². The molecule has 0 unspecified atom stereocenters. The largest absolute Gasteiger partial charge is 0.493 e. The number of aromatic nitrogens is 2. The fraction of sp³-hybridized carbons (Fsp3) is 0.438. The summed E-state index contributed by atoms with van der Waals surface area (Å²) in [6.07, 6.45) is 4.02. The first kappa shape index (κ1) is 13.2. The molecule has 0 saturated heterocycles. The predicted molar refractivity (Wildman–Crippen MR) is 78.7 cm³/mol. The van der Waals surface area contributed by atoms with Gasteiger partial charge in [0.05, 0.1) is 6.61 Å². The van der Waals surface area contributed by atoms with Crippen molar-refractivity contribution in [2.45, 2.75) is 19.4 Å². The van der Waals surface area contributed by atoms with Gasteiger partial charge in [0, 0.05) is 25.0 Å². The van der Waals surface area contributed by atoms with Crippen LogP contribution in [0.2, 0.25) is 0 Å². The molecular formula is C16H21N3O. The van der Waals surface area contributed by atoms with Crippen LogP contribution in [0.3, 0.4) is 0 Å². The lowest BCUT2D eigenvalue weighted by Crippen LogP contribution is -2.27. The molecule has 0 fully saturated rings. The van der Waals surface area contributed by atoms with Gasteiger partial charge in [0.15, 0.2) is 0 Å². The molecule has 0 saturated carbocycles. The van der Waals surface area contributed by atoms with E-state index in [4.69, 9.17) is 4.74 Å². The first-order valence-corrected chi connectivity index (χ1v) is 7.19. The molecule has 0 bridgehead atoms. The summed E-state index contributed by atoms with van der Waals surface area (Å²) in [5, 5.41) is 7.01. The Hall–Kier alpha value is -1.81. The van der Waals surface area contributed by atoms with E-state index in [-0.39, 0.29) is 0 Å². The van der Waals surface area contributed by atoms with Crippen molar-refractivity contribution in [3.63, 3.8) is 0 Å². The van der Waals surface area contributed by atoms with Crippen LogP contribution in [0, 0.1) is 5.92 Å². The molecule has 0 amide bonds. The number of nitrogens with zero attached hydrogens (tertiary/aromatic N) is 2. The lowest BCUT2D eigenvalue weighted by molar-refractivity contribution is 0.233. The number of aromatic amines is 1. The van der Waals surface area contributed by atoms with Crippen molar-refractivity contribution in [1.29, 1.82) is 0 Å². The monoisotopic (exact) mass is 271 g/mol. The number of fused-ring (bicyclic) bond motifs is 1. The Morgan fingerprint density at radius 2 is 2.25 bits per heavy atom. The van der Waals surface area contributed by atoms with E-state index in [1.54, 1.807) is 6.20 Å². The minimum atomic E-state index is 0.645. The summed E-state index contributed by atoms with van der Waals surface area (Å²) < 4.78 is 5.83. The van der Waals surface area contributed by atoms with Crippen LogP contribution in [0.1, 0.15) is 17.7 Å². The zero-order valence-corrected chi connectivity index (χ0v) is 11.9. The van der Waals surface area contributed by atoms with E-state index in [9.17, 15) is 0 Å². The molecule has 1 aromatic carbocycles. The molecule has 4 heteroatoms. The van der Waals surface area contributed by atoms with E-state index in [2.05, 4.69) is 40.3 Å². The van der Waals surface area contributed by atoms with Crippen LogP contribution in [-0.4, -0.2) is 35.3 Å². The molecule has 3 rings (SSSR count). The molecule has 1 aliphatic heterocycles. The van der Waals surface area contributed by atoms with Crippen LogP contribution >= 0.6 is 0 Å². The maximum atomic E-state index is 5.83. The second kappa shape index (κ2) is 6.09. The van der Waals surface area contributed by atoms with Gasteiger partial charge >= 0.3 is 0 Å². The summed E-state index contributed by atoms with van der Waals surface area (Å²) in [6.45, 7) is 2.81. The fourth-order valence-electron chi connectivity index (χ4n) is 2.89. The average molecular weight is 271 g/mol. The minimum Gasteiger partial charge on any atom is -0.493 e. The third-order valence-electron chi connectivity index (χ3n) is 3.83. The predicted octanol–water partition coefficient (Wildman–Crippen LogP) is 2.48. The standard InChI is InChI=1S/C16H21N3O/c1-19(12-15-6-8-17-18-15)11-13-7-9-20-16-5-3-2-4-14(16)10-13/h2-6,8,13H,7,9-12H2,1H3,(H,17,18)/t13-/m1/s1. The second-order valence-electron chi connectivity index (χ2n) is 5.59. The lowest BCUT2D eigenvalue weighted by Gasteiger charge is -2.22. The van der Waals surface area contributed by atoms with E-state index in [0.29, 0.717) is 5.92 Å². The van der Waals surface area contributed by atoms with E-state index in [1.807, 2.05) is 12.1 Å². The zero-order valence-electron chi connectivity index (χ0n) is 11.9. The van der Waals surface area contributed by atoms with Gasteiger partial charge in [-0.1, -0.05) is 18.2 Å². The summed E-state index contributed by atoms with van der Waals surface area (Å²) in [5.74, 6) is 1.71. The molecule has 1 aliphatic rings. The Morgan fingerprint density at radius 3 is 3.10 bits per heavy atom. The number of hydrogen-bond donors (Lipinski definition) is 1. The molecule has 0 spiro atoms. The van der Waals surface area contributed by atoms with Crippen molar-refractivity contribution in [2.75, 3.05) is 20.2 Å². The zero-order chi connectivity index (χ0) is 13.8. The molecule has 20 heavy (non-hydrogen) atoms. The Bertz CT molecular complexity index is 538. The summed E-state index contributed by atoms with van der Waals surface area (Å²) >= 11 is 0. The highest BCUT2D eigenvalue weighted by molar-refractivity contribution is 5.34. The van der Waals surface area contributed by atoms with Crippen LogP contribution in [-0.2, 0) is 13.0 Å². The average Bonchev–Trinajstić information content (AvgIpc) is 2.85. The maximum absolute atomic E-state index is 5.83. The fourth-order valence-corrected chi connectivity index (χ4v) is 2.89. The van der Waals surface area contributed by atoms with Gasteiger partial charge in [-0.3, -0.25) is 5.10 Å². The first-order chi connectivity index (χ1) is 9.81. The maximum Gasteiger partial charge on any atom is 0.122 e. The molecular weight excluding hydrogens is 250 g/mol. The number of rotatable bonds is 4. The van der Waals surface area contributed by atoms with Gasteiger partial charge < -0.3 is 9.64 Å². The lowest BCUT2D eigenvalue weighted by atomic mass is 9.96. The molecule has 2 aromatic rings. The number of benzene rings is 1. The molecule has 0 radical (unpaired) electrons. The normalized spacial score (nSPS) is 18.4. The van der Waals surface area contributed by atoms with Gasteiger partial charge in [0.2, 0.25) is 0 Å². The van der Waals surface area contributed by atoms with Gasteiger partial charge in [0.25, 0.3) is 0 Å². The molecule has 106 valence electrons. The van der Waals surface area contributed by atoms with Crippen LogP contribution in [0.15, 0.2) is 36.5 Å². The van der Waals surface area contributed by atoms with Crippen LogP contribution in [0.5, 0.6) is 5.75 Å². The van der Waals surface area contributed by atoms with Crippen LogP contribution in [0.4, 0.5) is 0 Å².